The summed E-state index contributed by atoms with van der Waals surface area (Å²) in [6.07, 6.45) is 2.76. The van der Waals surface area contributed by atoms with Gasteiger partial charge in [0.05, 0.1) is 10.4 Å². The van der Waals surface area contributed by atoms with Gasteiger partial charge in [0.15, 0.2) is 0 Å². The Morgan fingerprint density at radius 2 is 1.79 bits per heavy atom. The lowest BCUT2D eigenvalue weighted by Crippen LogP contribution is -2.23. The van der Waals surface area contributed by atoms with E-state index in [0.29, 0.717) is 4.90 Å². The van der Waals surface area contributed by atoms with Crippen LogP contribution >= 0.6 is 0 Å². The van der Waals surface area contributed by atoms with Crippen LogP contribution in [0.1, 0.15) is 18.1 Å². The first-order valence-electron chi connectivity index (χ1n) is 8.26. The van der Waals surface area contributed by atoms with Crippen molar-refractivity contribution in [1.29, 1.82) is 0 Å². The fourth-order valence-corrected chi connectivity index (χ4v) is 4.92. The zero-order valence-corrected chi connectivity index (χ0v) is 14.5. The molecule has 0 unspecified atom stereocenters. The molecule has 1 aliphatic rings. The summed E-state index contributed by atoms with van der Waals surface area (Å²) in [6, 6.07) is 14.6. The molecule has 0 aliphatic carbocycles. The number of hydrogen-bond donors (Lipinski definition) is 0. The predicted octanol–water partition coefficient (Wildman–Crippen LogP) is 3.26. The Morgan fingerprint density at radius 3 is 2.54 bits per heavy atom. The summed E-state index contributed by atoms with van der Waals surface area (Å²) in [5.74, 6) is 0. The van der Waals surface area contributed by atoms with Gasteiger partial charge in [0.2, 0.25) is 0 Å². The molecule has 0 radical (unpaired) electrons. The molecule has 0 spiro atoms. The van der Waals surface area contributed by atoms with Crippen molar-refractivity contribution in [3.05, 3.63) is 65.9 Å². The van der Waals surface area contributed by atoms with Crippen LogP contribution < -0.4 is 0 Å². The summed E-state index contributed by atoms with van der Waals surface area (Å²) >= 11 is 0. The van der Waals surface area contributed by atoms with E-state index in [1.165, 1.54) is 9.54 Å². The van der Waals surface area contributed by atoms with Gasteiger partial charge in [0.25, 0.3) is 10.0 Å². The maximum absolute atomic E-state index is 13.1. The van der Waals surface area contributed by atoms with Crippen molar-refractivity contribution in [2.75, 3.05) is 13.1 Å². The van der Waals surface area contributed by atoms with Crippen molar-refractivity contribution in [3.8, 4) is 0 Å². The Bertz CT molecular complexity index is 991. The fourth-order valence-electron chi connectivity index (χ4n) is 3.52. The maximum Gasteiger partial charge on any atom is 0.268 e. The minimum atomic E-state index is -3.58. The van der Waals surface area contributed by atoms with Gasteiger partial charge in [-0.05, 0) is 42.3 Å². The second-order valence-corrected chi connectivity index (χ2v) is 8.01. The van der Waals surface area contributed by atoms with E-state index in [0.717, 1.165) is 42.5 Å². The van der Waals surface area contributed by atoms with Gasteiger partial charge in [-0.1, -0.05) is 37.3 Å². The van der Waals surface area contributed by atoms with Crippen LogP contribution in [0.15, 0.2) is 59.6 Å². The topological polar surface area (TPSA) is 42.3 Å². The number of benzene rings is 2. The molecule has 1 aromatic heterocycles. The molecule has 2 aromatic carbocycles. The molecule has 4 rings (SSSR count). The Hall–Kier alpha value is -2.11. The van der Waals surface area contributed by atoms with Crippen molar-refractivity contribution < 1.29 is 8.42 Å². The van der Waals surface area contributed by atoms with Crippen LogP contribution in [0, 0.1) is 0 Å². The third-order valence-electron chi connectivity index (χ3n) is 4.80. The van der Waals surface area contributed by atoms with Crippen molar-refractivity contribution in [2.24, 2.45) is 0 Å². The van der Waals surface area contributed by atoms with Crippen LogP contribution in [0.2, 0.25) is 0 Å². The summed E-state index contributed by atoms with van der Waals surface area (Å²) in [6.45, 7) is 4.91. The van der Waals surface area contributed by atoms with Crippen LogP contribution in [0.3, 0.4) is 0 Å². The highest BCUT2D eigenvalue weighted by Crippen LogP contribution is 2.31. The van der Waals surface area contributed by atoms with E-state index in [2.05, 4.69) is 17.9 Å². The van der Waals surface area contributed by atoms with Gasteiger partial charge in [-0.25, -0.2) is 12.4 Å². The largest absolute Gasteiger partial charge is 0.299 e. The maximum atomic E-state index is 13.1. The van der Waals surface area contributed by atoms with Crippen molar-refractivity contribution >= 4 is 20.9 Å². The van der Waals surface area contributed by atoms with Crippen LogP contribution in [-0.2, 0) is 23.0 Å². The van der Waals surface area contributed by atoms with Crippen LogP contribution in [0.25, 0.3) is 10.9 Å². The van der Waals surface area contributed by atoms with Crippen molar-refractivity contribution in [3.63, 3.8) is 0 Å². The SMILES string of the molecule is CCN1CCc2cccc3c2c(cn3S(=O)(=O)c2ccccc2)C1. The van der Waals surface area contributed by atoms with Gasteiger partial charge in [-0.15, -0.1) is 0 Å². The summed E-state index contributed by atoms with van der Waals surface area (Å²) < 4.78 is 27.6. The van der Waals surface area contributed by atoms with Crippen molar-refractivity contribution in [2.45, 2.75) is 24.8 Å². The van der Waals surface area contributed by atoms with Gasteiger partial charge in [0, 0.05) is 24.7 Å². The third kappa shape index (κ3) is 2.36. The Kier molecular flexibility index (Phi) is 3.70. The average molecular weight is 340 g/mol. The fraction of sp³-hybridized carbons (Fsp3) is 0.263. The molecule has 0 atom stereocenters. The summed E-state index contributed by atoms with van der Waals surface area (Å²) in [5.41, 5.74) is 3.12. The molecule has 2 heterocycles. The molecule has 0 N–H and O–H groups in total. The second-order valence-electron chi connectivity index (χ2n) is 6.20. The third-order valence-corrected chi connectivity index (χ3v) is 6.49. The minimum Gasteiger partial charge on any atom is -0.299 e. The van der Waals surface area contributed by atoms with E-state index in [-0.39, 0.29) is 0 Å². The normalized spacial score (nSPS) is 15.5. The van der Waals surface area contributed by atoms with Crippen LogP contribution in [0.5, 0.6) is 0 Å². The molecule has 3 aromatic rings. The first-order chi connectivity index (χ1) is 11.6. The number of hydrogen-bond acceptors (Lipinski definition) is 3. The summed E-state index contributed by atoms with van der Waals surface area (Å²) in [4.78, 5) is 2.68. The highest BCUT2D eigenvalue weighted by molar-refractivity contribution is 7.90. The molecule has 0 fully saturated rings. The lowest BCUT2D eigenvalue weighted by atomic mass is 10.1. The van der Waals surface area contributed by atoms with E-state index in [4.69, 9.17) is 0 Å². The van der Waals surface area contributed by atoms with Gasteiger partial charge in [-0.2, -0.15) is 0 Å². The average Bonchev–Trinajstić information content (AvgIpc) is 2.88. The first kappa shape index (κ1) is 15.4. The number of aromatic nitrogens is 1. The summed E-state index contributed by atoms with van der Waals surface area (Å²) in [5, 5.41) is 1.10. The zero-order chi connectivity index (χ0) is 16.7. The monoisotopic (exact) mass is 340 g/mol. The minimum absolute atomic E-state index is 0.322. The molecule has 124 valence electrons. The molecule has 0 bridgehead atoms. The molecule has 0 amide bonds. The molecular weight excluding hydrogens is 320 g/mol. The molecule has 5 heteroatoms. The van der Waals surface area contributed by atoms with E-state index in [1.54, 1.807) is 24.3 Å². The van der Waals surface area contributed by atoms with E-state index in [9.17, 15) is 8.42 Å². The first-order valence-corrected chi connectivity index (χ1v) is 9.70. The zero-order valence-electron chi connectivity index (χ0n) is 13.6. The van der Waals surface area contributed by atoms with Crippen molar-refractivity contribution in [1.82, 2.24) is 8.87 Å². The molecule has 4 nitrogen and oxygen atoms in total. The molecule has 0 saturated carbocycles. The molecule has 0 saturated heterocycles. The Morgan fingerprint density at radius 1 is 1.00 bits per heavy atom. The highest BCUT2D eigenvalue weighted by atomic mass is 32.2. The standard InChI is InChI=1S/C19H20N2O2S/c1-2-20-12-11-15-7-6-10-18-19(15)16(13-20)14-21(18)24(22,23)17-8-4-3-5-9-17/h3-10,14H,2,11-13H2,1H3. The molecule has 24 heavy (non-hydrogen) atoms. The Labute approximate surface area is 142 Å². The number of likely N-dealkylation sites (N-methyl/N-ethyl adjacent to an activating group) is 1. The Balaban J connectivity index is 1.96. The smallest absolute Gasteiger partial charge is 0.268 e. The van der Waals surface area contributed by atoms with Gasteiger partial charge in [-0.3, -0.25) is 4.90 Å². The van der Waals surface area contributed by atoms with E-state index < -0.39 is 10.0 Å². The lowest BCUT2D eigenvalue weighted by Gasteiger charge is -2.17. The van der Waals surface area contributed by atoms with Gasteiger partial charge in [0.1, 0.15) is 0 Å². The van der Waals surface area contributed by atoms with E-state index >= 15 is 0 Å². The molecular formula is C19H20N2O2S. The summed E-state index contributed by atoms with van der Waals surface area (Å²) in [7, 11) is -3.58. The quantitative estimate of drug-likeness (QED) is 0.735. The van der Waals surface area contributed by atoms with Gasteiger partial charge >= 0.3 is 0 Å². The molecule has 1 aliphatic heterocycles. The number of nitrogens with zero attached hydrogens (tertiary/aromatic N) is 2. The van der Waals surface area contributed by atoms with Crippen LogP contribution in [-0.4, -0.2) is 30.4 Å². The second kappa shape index (κ2) is 5.76. The van der Waals surface area contributed by atoms with Crippen LogP contribution in [0.4, 0.5) is 0 Å². The predicted molar refractivity (Wildman–Crippen MR) is 95.6 cm³/mol. The highest BCUT2D eigenvalue weighted by Gasteiger charge is 2.24. The number of rotatable bonds is 3. The lowest BCUT2D eigenvalue weighted by molar-refractivity contribution is 0.288. The van der Waals surface area contributed by atoms with E-state index in [1.807, 2.05) is 24.4 Å². The van der Waals surface area contributed by atoms with Gasteiger partial charge < -0.3 is 0 Å².